The number of benzene rings is 1. The molecule has 1 N–H and O–H groups in total. The van der Waals surface area contributed by atoms with Gasteiger partial charge in [0.2, 0.25) is 5.89 Å². The topological polar surface area (TPSA) is 68.4 Å². The molecule has 3 rings (SSSR count). The van der Waals surface area contributed by atoms with Gasteiger partial charge in [-0.15, -0.1) is 0 Å². The zero-order chi connectivity index (χ0) is 13.1. The van der Waals surface area contributed by atoms with Crippen molar-refractivity contribution in [2.24, 2.45) is 0 Å². The summed E-state index contributed by atoms with van der Waals surface area (Å²) in [5.41, 5.74) is 0.853. The summed E-state index contributed by atoms with van der Waals surface area (Å²) in [6, 6.07) is 9.47. The van der Waals surface area contributed by atoms with Gasteiger partial charge in [-0.25, -0.2) is 0 Å². The minimum absolute atomic E-state index is 0.228. The Morgan fingerprint density at radius 2 is 2.16 bits per heavy atom. The van der Waals surface area contributed by atoms with Crippen LogP contribution in [0.3, 0.4) is 0 Å². The molecule has 0 saturated carbocycles. The summed E-state index contributed by atoms with van der Waals surface area (Å²) in [5, 5.41) is 14.1. The molecule has 1 aromatic carbocycles. The number of nitrogens with zero attached hydrogens (tertiary/aromatic N) is 2. The molecule has 0 bridgehead atoms. The third-order valence-electron chi connectivity index (χ3n) is 3.33. The maximum absolute atomic E-state index is 10.1. The molecule has 5 nitrogen and oxygen atoms in total. The van der Waals surface area contributed by atoms with Gasteiger partial charge in [0.25, 0.3) is 0 Å². The van der Waals surface area contributed by atoms with Crippen LogP contribution < -0.4 is 0 Å². The van der Waals surface area contributed by atoms with Gasteiger partial charge in [0.15, 0.2) is 5.82 Å². The van der Waals surface area contributed by atoms with Crippen LogP contribution in [-0.2, 0) is 11.2 Å². The third-order valence-corrected chi connectivity index (χ3v) is 3.33. The first-order valence-corrected chi connectivity index (χ1v) is 6.46. The van der Waals surface area contributed by atoms with Gasteiger partial charge in [0, 0.05) is 12.5 Å². The second kappa shape index (κ2) is 5.50. The molecule has 100 valence electrons. The third kappa shape index (κ3) is 2.83. The Morgan fingerprint density at radius 3 is 2.89 bits per heavy atom. The van der Waals surface area contributed by atoms with Gasteiger partial charge < -0.3 is 14.4 Å². The van der Waals surface area contributed by atoms with Gasteiger partial charge in [-0.05, 0) is 12.0 Å². The maximum atomic E-state index is 10.1. The van der Waals surface area contributed by atoms with Crippen LogP contribution in [0.5, 0.6) is 0 Å². The summed E-state index contributed by atoms with van der Waals surface area (Å²) < 4.78 is 10.5. The number of aromatic nitrogens is 2. The summed E-state index contributed by atoms with van der Waals surface area (Å²) >= 11 is 0. The quantitative estimate of drug-likeness (QED) is 0.908. The van der Waals surface area contributed by atoms with E-state index in [0.717, 1.165) is 18.6 Å². The van der Waals surface area contributed by atoms with Crippen molar-refractivity contribution in [2.75, 3.05) is 13.2 Å². The second-order valence-electron chi connectivity index (χ2n) is 4.74. The number of hydrogen-bond donors (Lipinski definition) is 1. The first kappa shape index (κ1) is 12.3. The van der Waals surface area contributed by atoms with Gasteiger partial charge in [0.1, 0.15) is 0 Å². The molecule has 2 heterocycles. The summed E-state index contributed by atoms with van der Waals surface area (Å²) in [6.07, 6.45) is 0.652. The maximum Gasteiger partial charge on any atom is 0.229 e. The Hall–Kier alpha value is -1.72. The highest BCUT2D eigenvalue weighted by atomic mass is 16.5. The highest BCUT2D eigenvalue weighted by molar-refractivity contribution is 5.18. The lowest BCUT2D eigenvalue weighted by Gasteiger charge is -2.07. The van der Waals surface area contributed by atoms with E-state index in [2.05, 4.69) is 10.1 Å². The lowest BCUT2D eigenvalue weighted by molar-refractivity contribution is 0.164. The summed E-state index contributed by atoms with van der Waals surface area (Å²) in [7, 11) is 0. The molecule has 1 aliphatic rings. The zero-order valence-corrected chi connectivity index (χ0v) is 10.5. The average molecular weight is 260 g/mol. The van der Waals surface area contributed by atoms with E-state index in [1.807, 2.05) is 30.3 Å². The highest BCUT2D eigenvalue weighted by Gasteiger charge is 2.23. The van der Waals surface area contributed by atoms with E-state index < -0.39 is 6.10 Å². The minimum atomic E-state index is -0.616. The van der Waals surface area contributed by atoms with E-state index in [4.69, 9.17) is 9.26 Å². The number of hydrogen-bond acceptors (Lipinski definition) is 5. The summed E-state index contributed by atoms with van der Waals surface area (Å²) in [4.78, 5) is 4.34. The van der Waals surface area contributed by atoms with Crippen molar-refractivity contribution in [1.82, 2.24) is 10.1 Å². The van der Waals surface area contributed by atoms with Crippen molar-refractivity contribution in [1.29, 1.82) is 0 Å². The fourth-order valence-electron chi connectivity index (χ4n) is 2.21. The van der Waals surface area contributed by atoms with Crippen molar-refractivity contribution in [3.05, 3.63) is 47.6 Å². The summed E-state index contributed by atoms with van der Waals surface area (Å²) in [6.45, 7) is 1.40. The van der Waals surface area contributed by atoms with E-state index in [1.165, 1.54) is 0 Å². The predicted octanol–water partition coefficient (Wildman–Crippen LogP) is 1.85. The lowest BCUT2D eigenvalue weighted by atomic mass is 10.1. The molecule has 1 fully saturated rings. The predicted molar refractivity (Wildman–Crippen MR) is 67.6 cm³/mol. The molecule has 1 aliphatic heterocycles. The lowest BCUT2D eigenvalue weighted by Crippen LogP contribution is -2.03. The normalized spacial score (nSPS) is 20.6. The van der Waals surface area contributed by atoms with E-state index in [0.29, 0.717) is 24.7 Å². The van der Waals surface area contributed by atoms with Crippen LogP contribution in [-0.4, -0.2) is 28.5 Å². The minimum Gasteiger partial charge on any atom is -0.388 e. The van der Waals surface area contributed by atoms with Gasteiger partial charge in [0.05, 0.1) is 19.1 Å². The van der Waals surface area contributed by atoms with Crippen molar-refractivity contribution < 1.29 is 14.4 Å². The van der Waals surface area contributed by atoms with Crippen LogP contribution in [0.15, 0.2) is 34.9 Å². The van der Waals surface area contributed by atoms with Crippen LogP contribution in [0.25, 0.3) is 0 Å². The van der Waals surface area contributed by atoms with Crippen molar-refractivity contribution in [3.8, 4) is 0 Å². The van der Waals surface area contributed by atoms with Gasteiger partial charge >= 0.3 is 0 Å². The first-order valence-electron chi connectivity index (χ1n) is 6.46. The van der Waals surface area contributed by atoms with Crippen LogP contribution >= 0.6 is 0 Å². The van der Waals surface area contributed by atoms with E-state index in [1.54, 1.807) is 0 Å². The average Bonchev–Trinajstić information content (AvgIpc) is 3.10. The molecule has 2 atom stereocenters. The van der Waals surface area contributed by atoms with E-state index in [9.17, 15) is 5.11 Å². The number of ether oxygens (including phenoxy) is 1. The van der Waals surface area contributed by atoms with Crippen LogP contribution in [0, 0.1) is 0 Å². The molecule has 1 aromatic heterocycles. The van der Waals surface area contributed by atoms with Gasteiger partial charge in [-0.3, -0.25) is 0 Å². The van der Waals surface area contributed by atoms with E-state index in [-0.39, 0.29) is 5.92 Å². The molecule has 0 radical (unpaired) electrons. The largest absolute Gasteiger partial charge is 0.388 e. The molecular formula is C14H16N2O3. The van der Waals surface area contributed by atoms with Crippen LogP contribution in [0.1, 0.15) is 35.7 Å². The molecule has 1 saturated heterocycles. The number of aliphatic hydroxyl groups is 1. The van der Waals surface area contributed by atoms with Crippen molar-refractivity contribution in [3.63, 3.8) is 0 Å². The highest BCUT2D eigenvalue weighted by Crippen LogP contribution is 2.24. The molecule has 2 aromatic rings. The Labute approximate surface area is 111 Å². The van der Waals surface area contributed by atoms with Gasteiger partial charge in [-0.1, -0.05) is 35.5 Å². The molecule has 19 heavy (non-hydrogen) atoms. The SMILES string of the molecule is O[C@H](Cc1nc([C@@H]2CCOC2)no1)c1ccccc1. The number of rotatable bonds is 4. The number of aliphatic hydroxyl groups excluding tert-OH is 1. The first-order chi connectivity index (χ1) is 9.33. The molecule has 0 unspecified atom stereocenters. The standard InChI is InChI=1S/C14H16N2O3/c17-12(10-4-2-1-3-5-10)8-13-15-14(16-19-13)11-6-7-18-9-11/h1-5,11-12,17H,6-9H2/t11-,12-/m1/s1. The molecule has 0 spiro atoms. The monoisotopic (exact) mass is 260 g/mol. The Balaban J connectivity index is 1.66. The van der Waals surface area contributed by atoms with Crippen molar-refractivity contribution >= 4 is 0 Å². The fraction of sp³-hybridized carbons (Fsp3) is 0.429. The molecular weight excluding hydrogens is 244 g/mol. The smallest absolute Gasteiger partial charge is 0.229 e. The molecule has 0 amide bonds. The van der Waals surface area contributed by atoms with E-state index >= 15 is 0 Å². The van der Waals surface area contributed by atoms with Crippen LogP contribution in [0.2, 0.25) is 0 Å². The Kier molecular flexibility index (Phi) is 3.57. The van der Waals surface area contributed by atoms with Gasteiger partial charge in [-0.2, -0.15) is 4.98 Å². The Bertz CT molecular complexity index is 520. The van der Waals surface area contributed by atoms with Crippen molar-refractivity contribution in [2.45, 2.75) is 24.9 Å². The second-order valence-corrected chi connectivity index (χ2v) is 4.74. The summed E-state index contributed by atoms with van der Waals surface area (Å²) in [5.74, 6) is 1.39. The fourth-order valence-corrected chi connectivity index (χ4v) is 2.21. The Morgan fingerprint density at radius 1 is 1.32 bits per heavy atom. The zero-order valence-electron chi connectivity index (χ0n) is 10.5. The van der Waals surface area contributed by atoms with Crippen LogP contribution in [0.4, 0.5) is 0 Å². The molecule has 5 heteroatoms. The molecule has 0 aliphatic carbocycles.